The summed E-state index contributed by atoms with van der Waals surface area (Å²) < 4.78 is 10.1. The number of phenolic OH excluding ortho intramolecular Hbond substituents is 1. The van der Waals surface area contributed by atoms with E-state index >= 15 is 0 Å². The number of carbonyl (C=O) groups is 4. The molecule has 0 fully saturated rings. The van der Waals surface area contributed by atoms with Crippen molar-refractivity contribution < 1.29 is 33.8 Å². The molecule has 3 amide bonds. The van der Waals surface area contributed by atoms with Gasteiger partial charge >= 0.3 is 12.1 Å². The Morgan fingerprint density at radius 2 is 1.83 bits per heavy atom. The van der Waals surface area contributed by atoms with Gasteiger partial charge in [-0.3, -0.25) is 19.3 Å². The number of aromatic hydroxyl groups is 1. The van der Waals surface area contributed by atoms with Crippen LogP contribution in [0.5, 0.6) is 5.75 Å². The van der Waals surface area contributed by atoms with Gasteiger partial charge in [0, 0.05) is 18.2 Å². The van der Waals surface area contributed by atoms with E-state index in [1.54, 1.807) is 60.6 Å². The number of ether oxygens (including phenoxy) is 2. The molecule has 0 aliphatic carbocycles. The van der Waals surface area contributed by atoms with E-state index < -0.39 is 47.5 Å². The maximum atomic E-state index is 13.6. The first-order valence-corrected chi connectivity index (χ1v) is 11.7. The molecule has 0 aliphatic rings. The number of nitrogens with zero attached hydrogens (tertiary/aromatic N) is 1. The van der Waals surface area contributed by atoms with Crippen molar-refractivity contribution in [2.75, 3.05) is 13.2 Å². The van der Waals surface area contributed by atoms with Gasteiger partial charge in [0.25, 0.3) is 5.91 Å². The first kappa shape index (κ1) is 30.3. The Labute approximate surface area is 212 Å². The third-order valence-corrected chi connectivity index (χ3v) is 4.99. The van der Waals surface area contributed by atoms with Crippen molar-refractivity contribution in [1.82, 2.24) is 15.5 Å². The number of aryl methyl sites for hydroxylation is 1. The Morgan fingerprint density at radius 1 is 1.19 bits per heavy atom. The minimum atomic E-state index is -1.44. The minimum Gasteiger partial charge on any atom is -0.507 e. The molecular weight excluding hydrogens is 466 g/mol. The van der Waals surface area contributed by atoms with E-state index in [4.69, 9.17) is 15.9 Å². The number of phenols is 1. The molecular formula is C26H37N3O7. The van der Waals surface area contributed by atoms with Crippen molar-refractivity contribution in [3.8, 4) is 18.2 Å². The normalized spacial score (nSPS) is 12.6. The lowest BCUT2D eigenvalue weighted by molar-refractivity contribution is -0.143. The summed E-state index contributed by atoms with van der Waals surface area (Å²) >= 11 is 0. The van der Waals surface area contributed by atoms with Gasteiger partial charge in [-0.2, -0.15) is 0 Å². The molecule has 10 nitrogen and oxygen atoms in total. The predicted molar refractivity (Wildman–Crippen MR) is 134 cm³/mol. The largest absolute Gasteiger partial charge is 0.507 e. The maximum absolute atomic E-state index is 13.6. The molecule has 0 bridgehead atoms. The second-order valence-electron chi connectivity index (χ2n) is 9.47. The molecule has 36 heavy (non-hydrogen) atoms. The Morgan fingerprint density at radius 3 is 2.36 bits per heavy atom. The third kappa shape index (κ3) is 8.80. The monoisotopic (exact) mass is 503 g/mol. The molecule has 10 heteroatoms. The maximum Gasteiger partial charge on any atom is 0.408 e. The lowest BCUT2D eigenvalue weighted by atomic mass is 9.97. The Hall–Kier alpha value is -3.74. The minimum absolute atomic E-state index is 0.0723. The fraction of sp³-hybridized carbons (Fsp3) is 0.538. The molecule has 2 unspecified atom stereocenters. The smallest absolute Gasteiger partial charge is 0.408 e. The van der Waals surface area contributed by atoms with Gasteiger partial charge in [-0.05, 0) is 46.1 Å². The molecule has 0 aromatic heterocycles. The molecule has 1 aromatic carbocycles. The van der Waals surface area contributed by atoms with E-state index in [2.05, 4.69) is 16.7 Å². The van der Waals surface area contributed by atoms with Crippen LogP contribution in [-0.2, 0) is 23.9 Å². The average Bonchev–Trinajstić information content (AvgIpc) is 2.76. The number of nitrogens with one attached hydrogen (secondary N) is 2. The first-order chi connectivity index (χ1) is 16.7. The van der Waals surface area contributed by atoms with Crippen LogP contribution >= 0.6 is 0 Å². The van der Waals surface area contributed by atoms with Crippen molar-refractivity contribution in [1.29, 1.82) is 0 Å². The quantitative estimate of drug-likeness (QED) is 0.254. The highest BCUT2D eigenvalue weighted by molar-refractivity contribution is 5.94. The van der Waals surface area contributed by atoms with Crippen LogP contribution in [0.3, 0.4) is 0 Å². The number of benzene rings is 1. The van der Waals surface area contributed by atoms with E-state index in [0.717, 1.165) is 4.90 Å². The van der Waals surface area contributed by atoms with Crippen molar-refractivity contribution in [2.24, 2.45) is 5.92 Å². The molecule has 0 heterocycles. The SMILES string of the molecule is C#CN(C(=O)C(NC(=O)OC(C)(C)C)C(C)C)C(C(=O)NCCC(=O)OCC)c1cccc(C)c1O. The standard InChI is InChI=1S/C26H37N3O7/c1-9-29(24(33)20(16(3)4)28-25(34)36-26(6,7)8)21(18-13-11-12-17(5)22(18)31)23(32)27-15-14-19(30)35-10-2/h1,11-13,16,20-21,31H,10,14-15H2,2-8H3,(H,27,32)(H,28,34). The summed E-state index contributed by atoms with van der Waals surface area (Å²) in [5.74, 6) is -2.59. The third-order valence-electron chi connectivity index (χ3n) is 4.99. The van der Waals surface area contributed by atoms with Gasteiger partial charge in [0.1, 0.15) is 17.4 Å². The number of esters is 1. The number of rotatable bonds is 10. The van der Waals surface area contributed by atoms with Crippen LogP contribution in [0.1, 0.15) is 65.1 Å². The van der Waals surface area contributed by atoms with Gasteiger partial charge in [0.15, 0.2) is 6.04 Å². The highest BCUT2D eigenvalue weighted by Gasteiger charge is 2.38. The molecule has 0 saturated carbocycles. The van der Waals surface area contributed by atoms with Gasteiger partial charge in [-0.15, -0.1) is 0 Å². The summed E-state index contributed by atoms with van der Waals surface area (Å²) in [5.41, 5.74) is -0.238. The van der Waals surface area contributed by atoms with E-state index in [-0.39, 0.29) is 30.9 Å². The Bertz CT molecular complexity index is 992. The van der Waals surface area contributed by atoms with Crippen LogP contribution in [0.4, 0.5) is 4.79 Å². The zero-order chi connectivity index (χ0) is 27.6. The Balaban J connectivity index is 3.35. The lowest BCUT2D eigenvalue weighted by Gasteiger charge is -2.32. The van der Waals surface area contributed by atoms with E-state index in [1.807, 2.05) is 0 Å². The zero-order valence-corrected chi connectivity index (χ0v) is 22.0. The molecule has 3 N–H and O–H groups in total. The number of terminal acetylenes is 1. The van der Waals surface area contributed by atoms with Crippen molar-refractivity contribution in [3.05, 3.63) is 29.3 Å². The lowest BCUT2D eigenvalue weighted by Crippen LogP contribution is -2.53. The van der Waals surface area contributed by atoms with Gasteiger partial charge in [0.2, 0.25) is 5.91 Å². The van der Waals surface area contributed by atoms with E-state index in [0.29, 0.717) is 5.56 Å². The van der Waals surface area contributed by atoms with Crippen LogP contribution in [0.2, 0.25) is 0 Å². The number of hydrogen-bond acceptors (Lipinski definition) is 7. The predicted octanol–water partition coefficient (Wildman–Crippen LogP) is 2.78. The number of alkyl carbamates (subject to hydrolysis) is 1. The van der Waals surface area contributed by atoms with Crippen LogP contribution < -0.4 is 10.6 Å². The zero-order valence-electron chi connectivity index (χ0n) is 22.0. The number of carbonyl (C=O) groups excluding carboxylic acids is 4. The first-order valence-electron chi connectivity index (χ1n) is 11.7. The van der Waals surface area contributed by atoms with E-state index in [1.165, 1.54) is 6.07 Å². The summed E-state index contributed by atoms with van der Waals surface area (Å²) in [7, 11) is 0. The second kappa shape index (κ2) is 13.4. The molecule has 0 spiro atoms. The molecule has 0 aliphatic heterocycles. The number of amides is 3. The summed E-state index contributed by atoms with van der Waals surface area (Å²) in [6.07, 6.45) is 4.79. The molecule has 1 rings (SSSR count). The van der Waals surface area contributed by atoms with Crippen LogP contribution in [-0.4, -0.2) is 58.7 Å². The molecule has 0 radical (unpaired) electrons. The van der Waals surface area contributed by atoms with Crippen LogP contribution in [0.25, 0.3) is 0 Å². The summed E-state index contributed by atoms with van der Waals surface area (Å²) in [6.45, 7) is 11.9. The van der Waals surface area contributed by atoms with Crippen molar-refractivity contribution >= 4 is 23.9 Å². The fourth-order valence-corrected chi connectivity index (χ4v) is 3.28. The summed E-state index contributed by atoms with van der Waals surface area (Å²) in [4.78, 5) is 51.8. The van der Waals surface area contributed by atoms with Crippen molar-refractivity contribution in [2.45, 2.75) is 72.6 Å². The van der Waals surface area contributed by atoms with Crippen molar-refractivity contribution in [3.63, 3.8) is 0 Å². The Kier molecular flexibility index (Phi) is 11.3. The van der Waals surface area contributed by atoms with E-state index in [9.17, 15) is 24.3 Å². The van der Waals surface area contributed by atoms with Gasteiger partial charge < -0.3 is 25.2 Å². The summed E-state index contributed by atoms with van der Waals surface area (Å²) in [6, 6.07) is 4.39. The van der Waals surface area contributed by atoms with Gasteiger partial charge in [-0.25, -0.2) is 4.79 Å². The molecule has 0 saturated heterocycles. The van der Waals surface area contributed by atoms with Gasteiger partial charge in [0.05, 0.1) is 13.0 Å². The van der Waals surface area contributed by atoms with Gasteiger partial charge in [-0.1, -0.05) is 38.5 Å². The second-order valence-corrected chi connectivity index (χ2v) is 9.47. The molecule has 198 valence electrons. The summed E-state index contributed by atoms with van der Waals surface area (Å²) in [5, 5.41) is 15.8. The van der Waals surface area contributed by atoms with Crippen LogP contribution in [0, 0.1) is 25.3 Å². The molecule has 1 aromatic rings. The highest BCUT2D eigenvalue weighted by atomic mass is 16.6. The fourth-order valence-electron chi connectivity index (χ4n) is 3.28. The number of hydrogen-bond donors (Lipinski definition) is 3. The van der Waals surface area contributed by atoms with Crippen LogP contribution in [0.15, 0.2) is 18.2 Å². The highest BCUT2D eigenvalue weighted by Crippen LogP contribution is 2.32. The number of para-hydroxylation sites is 1. The topological polar surface area (TPSA) is 134 Å². The average molecular weight is 504 g/mol. The molecule has 2 atom stereocenters.